The number of para-hydroxylation sites is 2. The van der Waals surface area contributed by atoms with E-state index in [4.69, 9.17) is 14.2 Å². The van der Waals surface area contributed by atoms with Crippen LogP contribution in [-0.2, 0) is 16.6 Å². The second-order valence-electron chi connectivity index (χ2n) is 8.59. The number of ether oxygens (including phenoxy) is 3. The molecule has 0 aliphatic carbocycles. The zero-order chi connectivity index (χ0) is 29.5. The Bertz CT molecular complexity index is 1690. The molecule has 12 heteroatoms. The maximum atomic E-state index is 13.0. The average molecular weight is 558 g/mol. The lowest BCUT2D eigenvalue weighted by Crippen LogP contribution is -2.34. The monoisotopic (exact) mass is 557 g/mol. The number of rotatable bonds is 8. The van der Waals surface area contributed by atoms with Gasteiger partial charge >= 0.3 is 17.8 Å². The van der Waals surface area contributed by atoms with E-state index in [0.717, 1.165) is 0 Å². The standard InChI is InChI=1S/C29H27N5O7/c1-18-25(28(37)34(33(18)2)20-10-6-5-7-11-20)31-26(35)27(36)32-30-17-19-14-15-23(24(16-19)40-4)41-29(38)21-12-8-9-13-22(21)39-3/h5-17H,1-4H3,(H,31,35)(H,32,36)/b30-17+. The molecule has 1 heterocycles. The minimum absolute atomic E-state index is 0.0246. The molecule has 4 aromatic rings. The van der Waals surface area contributed by atoms with Crippen molar-refractivity contribution in [2.45, 2.75) is 6.92 Å². The second-order valence-corrected chi connectivity index (χ2v) is 8.59. The zero-order valence-electron chi connectivity index (χ0n) is 22.7. The highest BCUT2D eigenvalue weighted by Gasteiger charge is 2.21. The summed E-state index contributed by atoms with van der Waals surface area (Å²) in [6.07, 6.45) is 1.27. The summed E-state index contributed by atoms with van der Waals surface area (Å²) >= 11 is 0. The van der Waals surface area contributed by atoms with E-state index in [1.54, 1.807) is 73.3 Å². The van der Waals surface area contributed by atoms with Gasteiger partial charge in [0.25, 0.3) is 5.56 Å². The van der Waals surface area contributed by atoms with Crippen molar-refractivity contribution in [2.24, 2.45) is 12.1 Å². The number of amides is 2. The van der Waals surface area contributed by atoms with Crippen molar-refractivity contribution in [1.82, 2.24) is 14.8 Å². The largest absolute Gasteiger partial charge is 0.496 e. The molecule has 2 N–H and O–H groups in total. The number of anilines is 1. The number of esters is 1. The van der Waals surface area contributed by atoms with Gasteiger partial charge < -0.3 is 19.5 Å². The highest BCUT2D eigenvalue weighted by atomic mass is 16.6. The van der Waals surface area contributed by atoms with Gasteiger partial charge in [0.1, 0.15) is 17.0 Å². The molecule has 0 bridgehead atoms. The molecule has 3 aromatic carbocycles. The van der Waals surface area contributed by atoms with Crippen molar-refractivity contribution in [3.63, 3.8) is 0 Å². The van der Waals surface area contributed by atoms with Crippen LogP contribution in [0.4, 0.5) is 5.69 Å². The number of carbonyl (C=O) groups is 3. The van der Waals surface area contributed by atoms with E-state index >= 15 is 0 Å². The van der Waals surface area contributed by atoms with Crippen molar-refractivity contribution in [1.29, 1.82) is 0 Å². The molecule has 0 unspecified atom stereocenters. The number of aromatic nitrogens is 2. The summed E-state index contributed by atoms with van der Waals surface area (Å²) in [7, 11) is 4.52. The molecule has 0 aliphatic rings. The molecular formula is C29H27N5O7. The van der Waals surface area contributed by atoms with Gasteiger partial charge in [-0.25, -0.2) is 14.9 Å². The molecule has 0 saturated carbocycles. The van der Waals surface area contributed by atoms with Crippen LogP contribution in [0.3, 0.4) is 0 Å². The number of carbonyl (C=O) groups excluding carboxylic acids is 3. The topological polar surface area (TPSA) is 142 Å². The van der Waals surface area contributed by atoms with Crippen molar-refractivity contribution in [3.8, 4) is 22.9 Å². The number of hydrazone groups is 1. The zero-order valence-corrected chi connectivity index (χ0v) is 22.7. The van der Waals surface area contributed by atoms with Crippen molar-refractivity contribution in [2.75, 3.05) is 19.5 Å². The molecule has 4 rings (SSSR count). The van der Waals surface area contributed by atoms with Crippen LogP contribution < -0.4 is 30.5 Å². The fourth-order valence-electron chi connectivity index (χ4n) is 3.92. The van der Waals surface area contributed by atoms with E-state index in [2.05, 4.69) is 15.8 Å². The molecule has 1 aromatic heterocycles. The summed E-state index contributed by atoms with van der Waals surface area (Å²) in [5, 5.41) is 6.17. The average Bonchev–Trinajstić information content (AvgIpc) is 3.20. The quantitative estimate of drug-likeness (QED) is 0.112. The normalized spacial score (nSPS) is 10.7. The minimum Gasteiger partial charge on any atom is -0.496 e. The molecule has 0 fully saturated rings. The van der Waals surface area contributed by atoms with Crippen LogP contribution in [0.25, 0.3) is 5.69 Å². The number of hydrogen-bond donors (Lipinski definition) is 2. The minimum atomic E-state index is -1.08. The summed E-state index contributed by atoms with van der Waals surface area (Å²) in [5.41, 5.74) is 3.40. The van der Waals surface area contributed by atoms with Gasteiger partial charge in [-0.15, -0.1) is 0 Å². The number of hydrogen-bond acceptors (Lipinski definition) is 8. The first-order chi connectivity index (χ1) is 19.7. The highest BCUT2D eigenvalue weighted by molar-refractivity contribution is 6.39. The van der Waals surface area contributed by atoms with Gasteiger partial charge in [-0.05, 0) is 55.0 Å². The van der Waals surface area contributed by atoms with Gasteiger partial charge in [0.05, 0.1) is 31.8 Å². The third kappa shape index (κ3) is 6.17. The van der Waals surface area contributed by atoms with Crippen molar-refractivity contribution >= 4 is 29.7 Å². The smallest absolute Gasteiger partial charge is 0.347 e. The van der Waals surface area contributed by atoms with Crippen molar-refractivity contribution < 1.29 is 28.6 Å². The van der Waals surface area contributed by atoms with Crippen LogP contribution in [0.1, 0.15) is 21.6 Å². The lowest BCUT2D eigenvalue weighted by Gasteiger charge is -2.11. The number of nitrogens with one attached hydrogen (secondary N) is 2. The fourth-order valence-corrected chi connectivity index (χ4v) is 3.92. The molecule has 12 nitrogen and oxygen atoms in total. The third-order valence-electron chi connectivity index (χ3n) is 6.10. The van der Waals surface area contributed by atoms with E-state index in [0.29, 0.717) is 22.7 Å². The van der Waals surface area contributed by atoms with Gasteiger partial charge in [0.2, 0.25) is 0 Å². The Morgan fingerprint density at radius 2 is 1.54 bits per heavy atom. The molecule has 0 aliphatic heterocycles. The number of nitrogens with zero attached hydrogens (tertiary/aromatic N) is 3. The Kier molecular flexibility index (Phi) is 8.63. The van der Waals surface area contributed by atoms with Crippen LogP contribution in [0.5, 0.6) is 17.2 Å². The summed E-state index contributed by atoms with van der Waals surface area (Å²) in [5.74, 6) is -2.03. The predicted molar refractivity (Wildman–Crippen MR) is 151 cm³/mol. The lowest BCUT2D eigenvalue weighted by molar-refractivity contribution is -0.136. The van der Waals surface area contributed by atoms with Crippen LogP contribution in [0.15, 0.2) is 82.7 Å². The first kappa shape index (κ1) is 28.4. The van der Waals surface area contributed by atoms with Crippen LogP contribution in [0, 0.1) is 6.92 Å². The number of methoxy groups -OCH3 is 2. The molecule has 41 heavy (non-hydrogen) atoms. The van der Waals surface area contributed by atoms with Crippen LogP contribution >= 0.6 is 0 Å². The molecule has 2 amide bonds. The van der Waals surface area contributed by atoms with E-state index in [1.807, 2.05) is 6.07 Å². The Labute approximate surface area is 234 Å². The Morgan fingerprint density at radius 1 is 0.854 bits per heavy atom. The molecule has 0 spiro atoms. The summed E-state index contributed by atoms with van der Waals surface area (Å²) in [4.78, 5) is 50.4. The fraction of sp³-hybridized carbons (Fsp3) is 0.138. The first-order valence-electron chi connectivity index (χ1n) is 12.3. The number of benzene rings is 3. The Hall–Kier alpha value is -5.65. The highest BCUT2D eigenvalue weighted by Crippen LogP contribution is 2.29. The Balaban J connectivity index is 1.41. The molecule has 0 saturated heterocycles. The second kappa shape index (κ2) is 12.5. The van der Waals surface area contributed by atoms with E-state index in [1.165, 1.54) is 37.2 Å². The van der Waals surface area contributed by atoms with E-state index < -0.39 is 23.3 Å². The summed E-state index contributed by atoms with van der Waals surface area (Å²) in [6.45, 7) is 1.65. The predicted octanol–water partition coefficient (Wildman–Crippen LogP) is 2.81. The van der Waals surface area contributed by atoms with Gasteiger partial charge in [0.15, 0.2) is 11.5 Å². The first-order valence-corrected chi connectivity index (χ1v) is 12.3. The molecule has 0 radical (unpaired) electrons. The van der Waals surface area contributed by atoms with Crippen LogP contribution in [-0.4, -0.2) is 47.6 Å². The van der Waals surface area contributed by atoms with Gasteiger partial charge in [-0.3, -0.25) is 19.1 Å². The maximum absolute atomic E-state index is 13.0. The Morgan fingerprint density at radius 3 is 2.24 bits per heavy atom. The van der Waals surface area contributed by atoms with E-state index in [9.17, 15) is 19.2 Å². The summed E-state index contributed by atoms with van der Waals surface area (Å²) in [6, 6.07) is 20.1. The van der Waals surface area contributed by atoms with E-state index in [-0.39, 0.29) is 22.7 Å². The van der Waals surface area contributed by atoms with Gasteiger partial charge in [-0.1, -0.05) is 30.3 Å². The van der Waals surface area contributed by atoms with Crippen LogP contribution in [0.2, 0.25) is 0 Å². The molecule has 210 valence electrons. The third-order valence-corrected chi connectivity index (χ3v) is 6.10. The summed E-state index contributed by atoms with van der Waals surface area (Å²) < 4.78 is 18.9. The van der Waals surface area contributed by atoms with Crippen molar-refractivity contribution in [3.05, 3.63) is 100.0 Å². The maximum Gasteiger partial charge on any atom is 0.347 e. The van der Waals surface area contributed by atoms with Gasteiger partial charge in [-0.2, -0.15) is 5.10 Å². The molecular weight excluding hydrogens is 530 g/mol. The SMILES string of the molecule is COc1cc(/C=N/NC(=O)C(=O)Nc2c(C)n(C)n(-c3ccccc3)c2=O)ccc1OC(=O)c1ccccc1OC. The lowest BCUT2D eigenvalue weighted by atomic mass is 10.2. The molecule has 0 atom stereocenters. The van der Waals surface area contributed by atoms with Gasteiger partial charge in [0, 0.05) is 7.05 Å².